The zero-order valence-electron chi connectivity index (χ0n) is 42.3. The molecule has 0 aliphatic carbocycles. The van der Waals surface area contributed by atoms with E-state index in [-0.39, 0.29) is 68.7 Å². The van der Waals surface area contributed by atoms with Crippen LogP contribution in [0.1, 0.15) is 78.2 Å². The van der Waals surface area contributed by atoms with Crippen molar-refractivity contribution >= 4 is 92.5 Å². The van der Waals surface area contributed by atoms with Crippen molar-refractivity contribution < 1.29 is 57.8 Å². The van der Waals surface area contributed by atoms with Crippen LogP contribution in [-0.4, -0.2) is 171 Å². The molecule has 3 fully saturated rings. The summed E-state index contributed by atoms with van der Waals surface area (Å²) >= 11 is 0. The number of fused-ring (bicyclic) bond motifs is 2. The highest BCUT2D eigenvalue weighted by molar-refractivity contribution is 8.77. The molecule has 3 aliphatic rings. The summed E-state index contributed by atoms with van der Waals surface area (Å²) < 4.78 is 0. The van der Waals surface area contributed by atoms with Crippen molar-refractivity contribution in [1.29, 1.82) is 0 Å². The van der Waals surface area contributed by atoms with Gasteiger partial charge in [-0.3, -0.25) is 63.0 Å². The van der Waals surface area contributed by atoms with Gasteiger partial charge in [-0.05, 0) is 55.2 Å². The topological polar surface area (TPSA) is 441 Å². The Bertz CT molecular complexity index is 2310. The number of benzene rings is 1. The molecule has 1 aromatic carbocycles. The number of hydrogen-bond donors (Lipinski definition) is 13. The summed E-state index contributed by atoms with van der Waals surface area (Å²) in [4.78, 5) is 158. The quantitative estimate of drug-likeness (QED) is 0.0332. The van der Waals surface area contributed by atoms with Crippen LogP contribution in [-0.2, 0) is 59.2 Å². The molecule has 29 heteroatoms. The molecule has 11 amide bonds. The Labute approximate surface area is 441 Å². The summed E-state index contributed by atoms with van der Waals surface area (Å²) in [6, 6.07) is -5.48. The number of primary amides is 3. The van der Waals surface area contributed by atoms with Gasteiger partial charge < -0.3 is 75.5 Å². The van der Waals surface area contributed by atoms with Crippen LogP contribution in [0, 0.1) is 11.8 Å². The molecule has 0 aromatic heterocycles. The van der Waals surface area contributed by atoms with Gasteiger partial charge in [-0.15, -0.1) is 0 Å². The van der Waals surface area contributed by atoms with Gasteiger partial charge in [0, 0.05) is 31.7 Å². The van der Waals surface area contributed by atoms with E-state index in [1.165, 1.54) is 29.2 Å². The van der Waals surface area contributed by atoms with Crippen LogP contribution in [0.2, 0.25) is 0 Å². The molecule has 3 heterocycles. The Morgan fingerprint density at radius 3 is 2.08 bits per heavy atom. The highest BCUT2D eigenvalue weighted by Crippen LogP contribution is 2.34. The van der Waals surface area contributed by atoms with Gasteiger partial charge >= 0.3 is 0 Å². The lowest BCUT2D eigenvalue weighted by molar-refractivity contribution is -0.144. The molecule has 1 unspecified atom stereocenters. The minimum Gasteiger partial charge on any atom is -0.508 e. The first-order valence-corrected chi connectivity index (χ1v) is 26.9. The van der Waals surface area contributed by atoms with Gasteiger partial charge in [0.05, 0.1) is 30.9 Å². The number of phenols is 1. The number of carbonyl (C=O) groups excluding carboxylic acids is 11. The van der Waals surface area contributed by atoms with Gasteiger partial charge in [-0.2, -0.15) is 0 Å². The summed E-state index contributed by atoms with van der Waals surface area (Å²) in [6.07, 6.45) is -0.967. The van der Waals surface area contributed by atoms with Crippen LogP contribution in [0.5, 0.6) is 5.75 Å². The number of aromatic hydroxyl groups is 1. The zero-order chi connectivity index (χ0) is 55.7. The second-order valence-corrected chi connectivity index (χ2v) is 21.6. The van der Waals surface area contributed by atoms with Crippen molar-refractivity contribution in [2.75, 3.05) is 31.9 Å². The number of guanidine groups is 1. The van der Waals surface area contributed by atoms with E-state index >= 15 is 4.79 Å². The number of nitrogens with two attached hydrogens (primary N) is 5. The maximum atomic E-state index is 15.1. The first kappa shape index (κ1) is 60.7. The summed E-state index contributed by atoms with van der Waals surface area (Å²) in [5, 5.41) is 27.7. The van der Waals surface area contributed by atoms with Gasteiger partial charge in [-0.25, -0.2) is 0 Å². The van der Waals surface area contributed by atoms with Gasteiger partial charge in [0.15, 0.2) is 5.96 Å². The minimum absolute atomic E-state index is 0.0266. The average molecular weight is 1090 g/mol. The molecule has 414 valence electrons. The molecule has 3 aliphatic heterocycles. The molecule has 1 aromatic rings. The number of amides is 11. The number of carbonyl (C=O) groups is 11. The Kier molecular flexibility index (Phi) is 23.2. The lowest BCUT2D eigenvalue weighted by atomic mass is 9.96. The van der Waals surface area contributed by atoms with Crippen LogP contribution in [0.25, 0.3) is 0 Å². The minimum atomic E-state index is -1.81. The molecule has 3 saturated heterocycles. The fraction of sp³-hybridized carbons (Fsp3) is 0.609. The molecule has 0 spiro atoms. The molecule has 2 bridgehead atoms. The fourth-order valence-electron chi connectivity index (χ4n) is 8.50. The molecule has 4 rings (SSSR count). The van der Waals surface area contributed by atoms with Crippen LogP contribution in [0.4, 0.5) is 0 Å². The predicted octanol–water partition coefficient (Wildman–Crippen LogP) is -4.65. The van der Waals surface area contributed by atoms with Crippen molar-refractivity contribution in [3.05, 3.63) is 29.8 Å². The molecule has 75 heavy (non-hydrogen) atoms. The molecule has 27 nitrogen and oxygen atoms in total. The Morgan fingerprint density at radius 1 is 0.827 bits per heavy atom. The number of hydrogen-bond acceptors (Lipinski definition) is 16. The predicted molar refractivity (Wildman–Crippen MR) is 276 cm³/mol. The summed E-state index contributed by atoms with van der Waals surface area (Å²) in [7, 11) is 2.19. The Morgan fingerprint density at radius 2 is 1.47 bits per heavy atom. The molecule has 0 saturated carbocycles. The van der Waals surface area contributed by atoms with E-state index in [0.29, 0.717) is 12.0 Å². The van der Waals surface area contributed by atoms with Crippen molar-refractivity contribution in [3.8, 4) is 5.75 Å². The third kappa shape index (κ3) is 18.5. The number of likely N-dealkylation sites (tertiary alicyclic amines) is 1. The highest BCUT2D eigenvalue weighted by Gasteiger charge is 2.46. The van der Waals surface area contributed by atoms with Gasteiger partial charge in [-0.1, -0.05) is 67.8 Å². The van der Waals surface area contributed by atoms with E-state index in [9.17, 15) is 53.1 Å². The first-order valence-electron chi connectivity index (χ1n) is 24.5. The van der Waals surface area contributed by atoms with Crippen LogP contribution >= 0.6 is 21.6 Å². The molecule has 10 atom stereocenters. The van der Waals surface area contributed by atoms with Crippen LogP contribution in [0.3, 0.4) is 0 Å². The van der Waals surface area contributed by atoms with Crippen molar-refractivity contribution in [2.24, 2.45) is 45.5 Å². The second kappa shape index (κ2) is 28.7. The third-order valence-corrected chi connectivity index (χ3v) is 15.3. The maximum absolute atomic E-state index is 15.1. The molecular formula is C46H71N15O12S2. The number of nitrogens with one attached hydrogen (secondary N) is 7. The number of nitrogens with zero attached hydrogens (tertiary/aromatic N) is 3. The summed E-state index contributed by atoms with van der Waals surface area (Å²) in [5.41, 5.74) is 27.9. The average Bonchev–Trinajstić information content (AvgIpc) is 3.85. The summed E-state index contributed by atoms with van der Waals surface area (Å²) in [6.45, 7) is 6.26. The first-order chi connectivity index (χ1) is 35.4. The largest absolute Gasteiger partial charge is 0.508 e. The van der Waals surface area contributed by atoms with Gasteiger partial charge in [0.2, 0.25) is 65.0 Å². The normalized spacial score (nSPS) is 24.6. The van der Waals surface area contributed by atoms with E-state index in [1.54, 1.807) is 27.7 Å². The Hall–Kier alpha value is -6.88. The summed E-state index contributed by atoms with van der Waals surface area (Å²) in [5.74, 6) is -10.6. The lowest BCUT2D eigenvalue weighted by Gasteiger charge is -2.38. The number of aliphatic imine (C=N–C) groups is 1. The number of phenolic OH excluding ortho intramolecular Hbond substituents is 1. The van der Waals surface area contributed by atoms with E-state index < -0.39 is 150 Å². The zero-order valence-corrected chi connectivity index (χ0v) is 44.0. The number of rotatable bonds is 20. The lowest BCUT2D eigenvalue weighted by Crippen LogP contribution is -2.66. The van der Waals surface area contributed by atoms with E-state index in [4.69, 9.17) is 28.7 Å². The molecular weight excluding hydrogens is 1020 g/mol. The molecule has 0 radical (unpaired) electrons. The van der Waals surface area contributed by atoms with Crippen LogP contribution < -0.4 is 65.9 Å². The monoisotopic (exact) mass is 1090 g/mol. The standard InChI is InChI=1S/C46H71N15O12S2/c1-5-23(4)35-42(71)53-26(12-13-32(47)63)37(66)55-28(19-33(48)64)39(68)59-36(43-57-30(21-74-75-43)40(69)54-27(38(67)58-35)18-24-8-10-25(62)11-9-24)45(73)61-15-6-7-31(61)41(70)56-29(17-22(2)3)44(72)60(20-34(49)65)16-14-52-46(50)51/h8-11,22-23,26-31,35-36,43,57,62H,5-7,12-21H2,1-4H3,(H2,47,63)(H2,48,64)(H2,49,65)(H,53,71)(H,54,69)(H,55,66)(H,56,70)(H,58,67)(H,59,68)(H4,50,51,52)/t23-,26-,27-,28-,29-,30-,31-,35-,36-,43?/m0/s1. The SMILES string of the molecule is CC[C@H](C)[C@@H]1NC(=O)[C@H](Cc2ccc(O)cc2)NC(=O)[C@@H]2CSSC(N2)[C@@H](C(=O)N2CCC[C@H]2C(=O)N[C@@H](CC(C)C)C(=O)N(CCN=C(N)N)CC(N)=O)NC(=O)[C@H](CC(N)=O)NC(=O)[C@H](CCC(N)=O)NC1=O. The maximum Gasteiger partial charge on any atom is 0.248 e. The van der Waals surface area contributed by atoms with E-state index in [2.05, 4.69) is 42.2 Å². The second-order valence-electron chi connectivity index (χ2n) is 19.0. The third-order valence-electron chi connectivity index (χ3n) is 12.6. The van der Waals surface area contributed by atoms with E-state index in [0.717, 1.165) is 26.5 Å². The Balaban J connectivity index is 1.78. The fourth-order valence-corrected chi connectivity index (χ4v) is 11.2. The smallest absolute Gasteiger partial charge is 0.248 e. The molecule has 18 N–H and O–H groups in total. The van der Waals surface area contributed by atoms with Gasteiger partial charge in [0.1, 0.15) is 48.0 Å². The van der Waals surface area contributed by atoms with Gasteiger partial charge in [0.25, 0.3) is 0 Å². The van der Waals surface area contributed by atoms with Crippen LogP contribution in [0.15, 0.2) is 29.3 Å². The van der Waals surface area contributed by atoms with Crippen molar-refractivity contribution in [1.82, 2.24) is 47.0 Å². The highest BCUT2D eigenvalue weighted by atomic mass is 33.1. The van der Waals surface area contributed by atoms with Crippen molar-refractivity contribution in [2.45, 2.75) is 133 Å². The van der Waals surface area contributed by atoms with Crippen molar-refractivity contribution in [3.63, 3.8) is 0 Å². The van der Waals surface area contributed by atoms with E-state index in [1.807, 2.05) is 0 Å².